The Kier molecular flexibility index (Phi) is 4.24. The lowest BCUT2D eigenvalue weighted by Crippen LogP contribution is -2.22. The molecule has 0 radical (unpaired) electrons. The van der Waals surface area contributed by atoms with Gasteiger partial charge in [0, 0.05) is 0 Å². The number of ether oxygens (including phenoxy) is 1. The average molecular weight is 301 g/mol. The van der Waals surface area contributed by atoms with Crippen molar-refractivity contribution in [2.45, 2.75) is 12.6 Å². The molecule has 100 valence electrons. The zero-order valence-corrected chi connectivity index (χ0v) is 11.2. The third-order valence-electron chi connectivity index (χ3n) is 2.37. The van der Waals surface area contributed by atoms with E-state index in [0.717, 1.165) is 0 Å². The van der Waals surface area contributed by atoms with Gasteiger partial charge in [0.25, 0.3) is 0 Å². The van der Waals surface area contributed by atoms with Crippen molar-refractivity contribution in [2.24, 2.45) is 5.73 Å². The van der Waals surface area contributed by atoms with Gasteiger partial charge in [-0.2, -0.15) is 15.0 Å². The van der Waals surface area contributed by atoms with Crippen LogP contribution in [-0.2, 0) is 11.3 Å². The summed E-state index contributed by atoms with van der Waals surface area (Å²) in [5, 5.41) is 8.67. The second kappa shape index (κ2) is 5.90. The summed E-state index contributed by atoms with van der Waals surface area (Å²) in [6, 6.07) is 4.93. The zero-order valence-electron chi connectivity index (χ0n) is 9.66. The van der Waals surface area contributed by atoms with Gasteiger partial charge in [-0.1, -0.05) is 29.3 Å². The highest BCUT2D eigenvalue weighted by Gasteiger charge is 2.18. The molecule has 0 fully saturated rings. The summed E-state index contributed by atoms with van der Waals surface area (Å²) in [4.78, 5) is 12.3. The van der Waals surface area contributed by atoms with E-state index in [-0.39, 0.29) is 6.54 Å². The molecule has 1 heterocycles. The zero-order chi connectivity index (χ0) is 13.8. The maximum Gasteiger partial charge on any atom is 0.405 e. The summed E-state index contributed by atoms with van der Waals surface area (Å²) in [5.74, 6) is 0. The minimum Gasteiger partial charge on any atom is -0.439 e. The van der Waals surface area contributed by atoms with Crippen LogP contribution < -0.4 is 5.73 Å². The van der Waals surface area contributed by atoms with E-state index in [1.54, 1.807) is 18.2 Å². The highest BCUT2D eigenvalue weighted by molar-refractivity contribution is 6.42. The molecule has 2 N–H and O–H groups in total. The van der Waals surface area contributed by atoms with Gasteiger partial charge in [0.2, 0.25) is 0 Å². The van der Waals surface area contributed by atoms with Crippen LogP contribution in [0.3, 0.4) is 0 Å². The summed E-state index contributed by atoms with van der Waals surface area (Å²) in [6.45, 7) is 0.230. The number of amides is 1. The third kappa shape index (κ3) is 3.59. The molecule has 8 heteroatoms. The Balaban J connectivity index is 2.25. The van der Waals surface area contributed by atoms with Gasteiger partial charge in [0.05, 0.1) is 22.4 Å². The summed E-state index contributed by atoms with van der Waals surface area (Å²) in [5.41, 5.74) is 5.72. The minimum atomic E-state index is -0.886. The second-order valence-corrected chi connectivity index (χ2v) is 4.50. The Labute approximate surface area is 119 Å². The number of hydrogen-bond acceptors (Lipinski definition) is 4. The van der Waals surface area contributed by atoms with E-state index in [1.807, 2.05) is 0 Å². The number of hydrogen-bond donors (Lipinski definition) is 1. The van der Waals surface area contributed by atoms with Crippen LogP contribution in [0.15, 0.2) is 30.6 Å². The van der Waals surface area contributed by atoms with Gasteiger partial charge >= 0.3 is 6.09 Å². The number of primary amides is 1. The van der Waals surface area contributed by atoms with Crippen molar-refractivity contribution >= 4 is 29.3 Å². The number of nitrogens with zero attached hydrogens (tertiary/aromatic N) is 3. The van der Waals surface area contributed by atoms with Crippen molar-refractivity contribution in [3.05, 3.63) is 46.2 Å². The molecule has 1 atom stereocenters. The standard InChI is InChI=1S/C11H10Cl2N4O2/c12-8-2-1-7(5-9(8)13)10(19-11(14)18)6-17-15-3-4-16-17/h1-5,10H,6H2,(H2,14,18)/t10-/m0/s1. The highest BCUT2D eigenvalue weighted by atomic mass is 35.5. The van der Waals surface area contributed by atoms with Gasteiger partial charge in [-0.3, -0.25) is 0 Å². The van der Waals surface area contributed by atoms with Crippen LogP contribution in [0.1, 0.15) is 11.7 Å². The predicted molar refractivity (Wildman–Crippen MR) is 69.9 cm³/mol. The fourth-order valence-corrected chi connectivity index (χ4v) is 1.86. The molecule has 0 saturated carbocycles. The molecule has 1 aromatic heterocycles. The fourth-order valence-electron chi connectivity index (χ4n) is 1.55. The van der Waals surface area contributed by atoms with Gasteiger partial charge in [-0.25, -0.2) is 4.79 Å². The molecule has 0 aliphatic heterocycles. The number of nitrogens with two attached hydrogens (primary N) is 1. The molecule has 0 unspecified atom stereocenters. The van der Waals surface area contributed by atoms with E-state index in [2.05, 4.69) is 10.2 Å². The number of carbonyl (C=O) groups excluding carboxylic acids is 1. The fraction of sp³-hybridized carbons (Fsp3) is 0.182. The Hall–Kier alpha value is -1.79. The van der Waals surface area contributed by atoms with E-state index in [0.29, 0.717) is 15.6 Å². The van der Waals surface area contributed by atoms with Crippen LogP contribution in [-0.4, -0.2) is 21.1 Å². The van der Waals surface area contributed by atoms with Gasteiger partial charge in [0.1, 0.15) is 6.54 Å². The van der Waals surface area contributed by atoms with Gasteiger partial charge < -0.3 is 10.5 Å². The molecule has 0 bridgehead atoms. The SMILES string of the molecule is NC(=O)O[C@@H](Cn1nccn1)c1ccc(Cl)c(Cl)c1. The van der Waals surface area contributed by atoms with E-state index in [1.165, 1.54) is 17.2 Å². The normalized spacial score (nSPS) is 12.1. The monoisotopic (exact) mass is 300 g/mol. The molecule has 2 rings (SSSR count). The Morgan fingerprint density at radius 1 is 1.32 bits per heavy atom. The first-order valence-electron chi connectivity index (χ1n) is 5.31. The number of carbonyl (C=O) groups is 1. The summed E-state index contributed by atoms with van der Waals surface area (Å²) < 4.78 is 5.04. The average Bonchev–Trinajstić information content (AvgIpc) is 2.84. The summed E-state index contributed by atoms with van der Waals surface area (Å²) >= 11 is 11.8. The van der Waals surface area contributed by atoms with Crippen LogP contribution in [0.4, 0.5) is 4.79 Å². The van der Waals surface area contributed by atoms with Crippen molar-refractivity contribution in [2.75, 3.05) is 0 Å². The second-order valence-electron chi connectivity index (χ2n) is 3.68. The molecule has 0 saturated heterocycles. The smallest absolute Gasteiger partial charge is 0.405 e. The first-order valence-corrected chi connectivity index (χ1v) is 6.07. The van der Waals surface area contributed by atoms with Crippen LogP contribution >= 0.6 is 23.2 Å². The molecule has 0 spiro atoms. The number of benzene rings is 1. The molecular formula is C11H10Cl2N4O2. The number of halogens is 2. The Morgan fingerprint density at radius 3 is 2.58 bits per heavy atom. The van der Waals surface area contributed by atoms with Gasteiger partial charge in [-0.15, -0.1) is 0 Å². The predicted octanol–water partition coefficient (Wildman–Crippen LogP) is 2.42. The van der Waals surface area contributed by atoms with Crippen molar-refractivity contribution in [3.8, 4) is 0 Å². The first kappa shape index (κ1) is 13.6. The third-order valence-corrected chi connectivity index (χ3v) is 3.11. The lowest BCUT2D eigenvalue weighted by atomic mass is 10.1. The molecule has 0 aliphatic rings. The van der Waals surface area contributed by atoms with Gasteiger partial charge in [-0.05, 0) is 17.7 Å². The van der Waals surface area contributed by atoms with E-state index in [9.17, 15) is 4.79 Å². The quantitative estimate of drug-likeness (QED) is 0.940. The lowest BCUT2D eigenvalue weighted by Gasteiger charge is -2.16. The van der Waals surface area contributed by atoms with Crippen molar-refractivity contribution in [1.29, 1.82) is 0 Å². The van der Waals surface area contributed by atoms with Crippen LogP contribution in [0.5, 0.6) is 0 Å². The summed E-state index contributed by atoms with van der Waals surface area (Å²) in [6.07, 6.45) is 1.52. The van der Waals surface area contributed by atoms with E-state index >= 15 is 0 Å². The maximum atomic E-state index is 11.0. The molecular weight excluding hydrogens is 291 g/mol. The molecule has 6 nitrogen and oxygen atoms in total. The maximum absolute atomic E-state index is 11.0. The Bertz CT molecular complexity index is 574. The molecule has 19 heavy (non-hydrogen) atoms. The minimum absolute atomic E-state index is 0.230. The van der Waals surface area contributed by atoms with Crippen LogP contribution in [0.2, 0.25) is 10.0 Å². The van der Waals surface area contributed by atoms with Crippen molar-refractivity contribution < 1.29 is 9.53 Å². The van der Waals surface area contributed by atoms with Crippen LogP contribution in [0.25, 0.3) is 0 Å². The topological polar surface area (TPSA) is 83.0 Å². The molecule has 1 aromatic carbocycles. The Morgan fingerprint density at radius 2 is 2.00 bits per heavy atom. The summed E-state index contributed by atoms with van der Waals surface area (Å²) in [7, 11) is 0. The lowest BCUT2D eigenvalue weighted by molar-refractivity contribution is 0.0904. The molecule has 0 aliphatic carbocycles. The first-order chi connectivity index (χ1) is 9.06. The van der Waals surface area contributed by atoms with Crippen molar-refractivity contribution in [1.82, 2.24) is 15.0 Å². The number of aromatic nitrogens is 3. The molecule has 1 amide bonds. The largest absolute Gasteiger partial charge is 0.439 e. The van der Waals surface area contributed by atoms with E-state index in [4.69, 9.17) is 33.7 Å². The number of rotatable bonds is 4. The van der Waals surface area contributed by atoms with E-state index < -0.39 is 12.2 Å². The van der Waals surface area contributed by atoms with Crippen molar-refractivity contribution in [3.63, 3.8) is 0 Å². The molecule has 2 aromatic rings. The highest BCUT2D eigenvalue weighted by Crippen LogP contribution is 2.27. The van der Waals surface area contributed by atoms with Gasteiger partial charge in [0.15, 0.2) is 6.10 Å². The van der Waals surface area contributed by atoms with Crippen LogP contribution in [0, 0.1) is 0 Å².